The maximum Gasteiger partial charge on any atom is 0.119 e. The van der Waals surface area contributed by atoms with Gasteiger partial charge in [0.05, 0.1) is 0 Å². The lowest BCUT2D eigenvalue weighted by molar-refractivity contribution is 1.23. The molecule has 0 spiro atoms. The van der Waals surface area contributed by atoms with Crippen LogP contribution < -0.4 is 5.19 Å². The average Bonchev–Trinajstić information content (AvgIpc) is 2.27. The van der Waals surface area contributed by atoms with Crippen LogP contribution in [0.1, 0.15) is 6.42 Å². The fourth-order valence-corrected chi connectivity index (χ4v) is 4.05. The molecule has 0 aliphatic carbocycles. The molecular formula is C12H17ClSSi. The van der Waals surface area contributed by atoms with Crippen molar-refractivity contribution in [3.63, 3.8) is 0 Å². The predicted octanol–water partition coefficient (Wildman–Crippen LogP) is 3.58. The van der Waals surface area contributed by atoms with Crippen molar-refractivity contribution in [2.24, 2.45) is 0 Å². The number of benzene rings is 1. The van der Waals surface area contributed by atoms with Crippen LogP contribution in [0, 0.1) is 0 Å². The minimum atomic E-state index is -1.55. The number of halogens is 1. The summed E-state index contributed by atoms with van der Waals surface area (Å²) in [4.78, 5) is 0. The minimum Gasteiger partial charge on any atom is -0.152 e. The largest absolute Gasteiger partial charge is 0.152 e. The second-order valence-corrected chi connectivity index (χ2v) is 9.70. The lowest BCUT2D eigenvalue weighted by Gasteiger charge is -2.23. The molecule has 0 unspecified atom stereocenters. The third-order valence-electron chi connectivity index (χ3n) is 2.58. The lowest BCUT2D eigenvalue weighted by atomic mass is 10.4. The van der Waals surface area contributed by atoms with Crippen molar-refractivity contribution in [2.75, 3.05) is 5.88 Å². The van der Waals surface area contributed by atoms with Gasteiger partial charge in [-0.15, -0.1) is 11.6 Å². The second kappa shape index (κ2) is 5.78. The quantitative estimate of drug-likeness (QED) is 0.475. The Labute approximate surface area is 104 Å². The molecule has 0 aliphatic heterocycles. The molecule has 0 heterocycles. The van der Waals surface area contributed by atoms with E-state index in [1.165, 1.54) is 9.72 Å². The van der Waals surface area contributed by atoms with E-state index in [1.807, 2.05) is 0 Å². The second-order valence-electron chi connectivity index (χ2n) is 4.06. The van der Waals surface area contributed by atoms with E-state index < -0.39 is 8.07 Å². The van der Waals surface area contributed by atoms with Gasteiger partial charge < -0.3 is 0 Å². The number of rotatable bonds is 4. The summed E-state index contributed by atoms with van der Waals surface area (Å²) < 4.78 is 1.22. The van der Waals surface area contributed by atoms with Crippen LogP contribution in [0.3, 0.4) is 0 Å². The summed E-state index contributed by atoms with van der Waals surface area (Å²) in [6.45, 7) is 4.63. The normalized spacial score (nSPS) is 12.9. The molecule has 0 fully saturated rings. The third kappa shape index (κ3) is 3.40. The van der Waals surface area contributed by atoms with Gasteiger partial charge in [0.25, 0.3) is 0 Å². The van der Waals surface area contributed by atoms with E-state index in [1.54, 1.807) is 0 Å². The summed E-state index contributed by atoms with van der Waals surface area (Å²) in [5, 5.41) is 1.42. The molecule has 0 atom stereocenters. The molecular weight excluding hydrogens is 240 g/mol. The summed E-state index contributed by atoms with van der Waals surface area (Å²) >= 11 is 10.3. The summed E-state index contributed by atoms with van der Waals surface area (Å²) in [6, 6.07) is 10.6. The number of alkyl halides is 1. The highest BCUT2D eigenvalue weighted by molar-refractivity contribution is 7.87. The zero-order chi connectivity index (χ0) is 11.3. The van der Waals surface area contributed by atoms with E-state index in [0.717, 1.165) is 6.42 Å². The summed E-state index contributed by atoms with van der Waals surface area (Å²) in [6.07, 6.45) is 3.07. The van der Waals surface area contributed by atoms with Crippen molar-refractivity contribution < 1.29 is 0 Å². The maximum absolute atomic E-state index is 5.68. The fraction of sp³-hybridized carbons (Fsp3) is 0.333. The Bertz CT molecular complexity index is 333. The summed E-state index contributed by atoms with van der Waals surface area (Å²) in [7, 11) is -1.55. The zero-order valence-electron chi connectivity index (χ0n) is 9.20. The monoisotopic (exact) mass is 256 g/mol. The van der Waals surface area contributed by atoms with E-state index in [0.29, 0.717) is 5.88 Å². The maximum atomic E-state index is 5.68. The highest BCUT2D eigenvalue weighted by atomic mass is 35.5. The van der Waals surface area contributed by atoms with Crippen LogP contribution in [0.25, 0.3) is 0 Å². The first-order valence-corrected chi connectivity index (χ1v) is 9.08. The van der Waals surface area contributed by atoms with E-state index in [2.05, 4.69) is 62.1 Å². The Morgan fingerprint density at radius 1 is 1.33 bits per heavy atom. The molecule has 0 aliphatic rings. The first kappa shape index (κ1) is 12.9. The van der Waals surface area contributed by atoms with Crippen molar-refractivity contribution in [3.8, 4) is 0 Å². The highest BCUT2D eigenvalue weighted by Gasteiger charge is 2.25. The first-order chi connectivity index (χ1) is 7.09. The zero-order valence-corrected chi connectivity index (χ0v) is 11.9. The van der Waals surface area contributed by atoms with Crippen LogP contribution in [0.5, 0.6) is 0 Å². The number of allylic oxidation sites excluding steroid dienone is 1. The van der Waals surface area contributed by atoms with Gasteiger partial charge >= 0.3 is 0 Å². The van der Waals surface area contributed by atoms with Gasteiger partial charge in [0.2, 0.25) is 0 Å². The molecule has 0 nitrogen and oxygen atoms in total. The summed E-state index contributed by atoms with van der Waals surface area (Å²) in [5.41, 5.74) is 0. The molecule has 1 aromatic rings. The van der Waals surface area contributed by atoms with Crippen LogP contribution in [0.15, 0.2) is 40.9 Å². The van der Waals surface area contributed by atoms with E-state index in [9.17, 15) is 0 Å². The number of thiol groups is 1. The average molecular weight is 257 g/mol. The van der Waals surface area contributed by atoms with Crippen LogP contribution in [-0.2, 0) is 0 Å². The molecule has 0 bridgehead atoms. The van der Waals surface area contributed by atoms with Crippen molar-refractivity contribution in [2.45, 2.75) is 19.5 Å². The van der Waals surface area contributed by atoms with Gasteiger partial charge in [0, 0.05) is 5.88 Å². The molecule has 0 aromatic heterocycles. The smallest absolute Gasteiger partial charge is 0.119 e. The Balaban J connectivity index is 2.92. The van der Waals surface area contributed by atoms with Crippen LogP contribution in [0.4, 0.5) is 0 Å². The Kier molecular flexibility index (Phi) is 4.96. The Hall–Kier alpha value is -0.183. The summed E-state index contributed by atoms with van der Waals surface area (Å²) in [5.74, 6) is 0.670. The SMILES string of the molecule is C[Si](C)(/C(S)=C\CCCl)c1ccccc1. The van der Waals surface area contributed by atoms with Crippen molar-refractivity contribution in [1.82, 2.24) is 0 Å². The van der Waals surface area contributed by atoms with E-state index in [4.69, 9.17) is 11.6 Å². The molecule has 0 saturated carbocycles. The van der Waals surface area contributed by atoms with Gasteiger partial charge in [0.1, 0.15) is 8.07 Å². The van der Waals surface area contributed by atoms with Gasteiger partial charge in [-0.25, -0.2) is 0 Å². The van der Waals surface area contributed by atoms with Crippen LogP contribution >= 0.6 is 24.2 Å². The molecule has 0 amide bonds. The van der Waals surface area contributed by atoms with Crippen LogP contribution in [-0.4, -0.2) is 14.0 Å². The van der Waals surface area contributed by atoms with Gasteiger partial charge in [-0.3, -0.25) is 0 Å². The minimum absolute atomic E-state index is 0.670. The fourth-order valence-electron chi connectivity index (χ4n) is 1.45. The molecule has 0 N–H and O–H groups in total. The molecule has 0 saturated heterocycles. The molecule has 82 valence electrons. The molecule has 3 heteroatoms. The van der Waals surface area contributed by atoms with Gasteiger partial charge in [-0.1, -0.05) is 54.7 Å². The van der Waals surface area contributed by atoms with Gasteiger partial charge in [0.15, 0.2) is 0 Å². The number of hydrogen-bond donors (Lipinski definition) is 1. The Morgan fingerprint density at radius 2 is 1.93 bits per heavy atom. The van der Waals surface area contributed by atoms with Crippen molar-refractivity contribution in [3.05, 3.63) is 40.9 Å². The van der Waals surface area contributed by atoms with Crippen LogP contribution in [0.2, 0.25) is 13.1 Å². The molecule has 1 rings (SSSR count). The Morgan fingerprint density at radius 3 is 2.47 bits per heavy atom. The lowest BCUT2D eigenvalue weighted by Crippen LogP contribution is -2.42. The van der Waals surface area contributed by atoms with Crippen molar-refractivity contribution >= 4 is 37.5 Å². The predicted molar refractivity (Wildman–Crippen MR) is 76.0 cm³/mol. The van der Waals surface area contributed by atoms with E-state index >= 15 is 0 Å². The molecule has 1 aromatic carbocycles. The van der Waals surface area contributed by atoms with Gasteiger partial charge in [-0.05, 0) is 10.9 Å². The van der Waals surface area contributed by atoms with E-state index in [-0.39, 0.29) is 0 Å². The van der Waals surface area contributed by atoms with Crippen molar-refractivity contribution in [1.29, 1.82) is 0 Å². The first-order valence-electron chi connectivity index (χ1n) is 5.10. The standard InChI is InChI=1S/C12H17ClSSi/c1-15(2,12(14)9-6-10-13)11-7-4-3-5-8-11/h3-5,7-9,14H,6,10H2,1-2H3/b12-9-. The highest BCUT2D eigenvalue weighted by Crippen LogP contribution is 2.19. The molecule has 0 radical (unpaired) electrons. The third-order valence-corrected chi connectivity index (χ3v) is 7.92. The van der Waals surface area contributed by atoms with Gasteiger partial charge in [-0.2, -0.15) is 12.6 Å². The number of hydrogen-bond acceptors (Lipinski definition) is 1. The molecule has 15 heavy (non-hydrogen) atoms. The topological polar surface area (TPSA) is 0 Å².